The summed E-state index contributed by atoms with van der Waals surface area (Å²) in [7, 11) is 0. The van der Waals surface area contributed by atoms with Crippen molar-refractivity contribution in [1.82, 2.24) is 10.6 Å². The fraction of sp³-hybridized carbons (Fsp3) is 0.438. The second-order valence-electron chi connectivity index (χ2n) is 5.63. The predicted molar refractivity (Wildman–Crippen MR) is 82.5 cm³/mol. The highest BCUT2D eigenvalue weighted by molar-refractivity contribution is 5.98. The van der Waals surface area contributed by atoms with Gasteiger partial charge in [-0.05, 0) is 31.9 Å². The molecule has 1 aromatic rings. The van der Waals surface area contributed by atoms with E-state index in [-0.39, 0.29) is 11.8 Å². The lowest BCUT2D eigenvalue weighted by molar-refractivity contribution is -0.141. The zero-order valence-electron chi connectivity index (χ0n) is 13.2. The number of aryl methyl sites for hydroxylation is 1. The molecule has 0 bridgehead atoms. The molecule has 2 atom stereocenters. The van der Waals surface area contributed by atoms with Crippen LogP contribution in [-0.2, 0) is 9.59 Å². The van der Waals surface area contributed by atoms with Crippen LogP contribution in [0.15, 0.2) is 24.3 Å². The molecule has 0 spiro atoms. The van der Waals surface area contributed by atoms with Crippen LogP contribution in [0.5, 0.6) is 0 Å². The first-order chi connectivity index (χ1) is 10.2. The van der Waals surface area contributed by atoms with Crippen LogP contribution in [0.4, 0.5) is 0 Å². The van der Waals surface area contributed by atoms with Gasteiger partial charge in [-0.3, -0.25) is 14.4 Å². The Morgan fingerprint density at radius 3 is 2.23 bits per heavy atom. The SMILES string of the molecule is Cc1cccc(C(=O)NC(C(=O)N[C@H](C)C(=O)O)C(C)C)c1. The summed E-state index contributed by atoms with van der Waals surface area (Å²) >= 11 is 0. The number of rotatable bonds is 6. The maximum absolute atomic E-state index is 12.2. The summed E-state index contributed by atoms with van der Waals surface area (Å²) in [5, 5.41) is 13.9. The van der Waals surface area contributed by atoms with Crippen molar-refractivity contribution in [2.75, 3.05) is 0 Å². The smallest absolute Gasteiger partial charge is 0.325 e. The first-order valence-corrected chi connectivity index (χ1v) is 7.13. The number of carbonyl (C=O) groups excluding carboxylic acids is 2. The molecule has 0 heterocycles. The highest BCUT2D eigenvalue weighted by Crippen LogP contribution is 2.07. The molecular weight excluding hydrogens is 284 g/mol. The summed E-state index contributed by atoms with van der Waals surface area (Å²) in [6.07, 6.45) is 0. The van der Waals surface area contributed by atoms with Gasteiger partial charge in [-0.15, -0.1) is 0 Å². The molecule has 1 aromatic carbocycles. The maximum atomic E-state index is 12.2. The van der Waals surface area contributed by atoms with Gasteiger partial charge < -0.3 is 15.7 Å². The number of carboxylic acids is 1. The molecule has 1 rings (SSSR count). The van der Waals surface area contributed by atoms with E-state index >= 15 is 0 Å². The standard InChI is InChI=1S/C16H22N2O4/c1-9(2)13(15(20)17-11(4)16(21)22)18-14(19)12-7-5-6-10(3)8-12/h5-9,11,13H,1-4H3,(H,17,20)(H,18,19)(H,21,22)/t11-,13?/m1/s1. The van der Waals surface area contributed by atoms with Crippen LogP contribution in [0.1, 0.15) is 36.7 Å². The normalized spacial score (nSPS) is 13.3. The van der Waals surface area contributed by atoms with E-state index in [2.05, 4.69) is 10.6 Å². The fourth-order valence-electron chi connectivity index (χ4n) is 1.91. The highest BCUT2D eigenvalue weighted by atomic mass is 16.4. The number of nitrogens with one attached hydrogen (secondary N) is 2. The monoisotopic (exact) mass is 306 g/mol. The van der Waals surface area contributed by atoms with E-state index in [1.165, 1.54) is 6.92 Å². The predicted octanol–water partition coefficient (Wildman–Crippen LogP) is 1.34. The zero-order valence-corrected chi connectivity index (χ0v) is 13.2. The van der Waals surface area contributed by atoms with Gasteiger partial charge in [0, 0.05) is 5.56 Å². The van der Waals surface area contributed by atoms with Crippen LogP contribution in [0.2, 0.25) is 0 Å². The van der Waals surface area contributed by atoms with Crippen LogP contribution < -0.4 is 10.6 Å². The molecule has 0 aliphatic carbocycles. The van der Waals surface area contributed by atoms with Crippen molar-refractivity contribution in [3.05, 3.63) is 35.4 Å². The molecule has 2 amide bonds. The van der Waals surface area contributed by atoms with E-state index in [0.29, 0.717) is 5.56 Å². The third kappa shape index (κ3) is 4.87. The lowest BCUT2D eigenvalue weighted by atomic mass is 10.0. The Hall–Kier alpha value is -2.37. The van der Waals surface area contributed by atoms with Gasteiger partial charge in [0.15, 0.2) is 0 Å². The van der Waals surface area contributed by atoms with Gasteiger partial charge in [0.1, 0.15) is 12.1 Å². The quantitative estimate of drug-likeness (QED) is 0.739. The molecule has 3 N–H and O–H groups in total. The summed E-state index contributed by atoms with van der Waals surface area (Å²) in [5.41, 5.74) is 1.41. The first kappa shape index (κ1) is 17.7. The molecule has 6 nitrogen and oxygen atoms in total. The topological polar surface area (TPSA) is 95.5 Å². The second-order valence-corrected chi connectivity index (χ2v) is 5.63. The van der Waals surface area contributed by atoms with Crippen LogP contribution in [0, 0.1) is 12.8 Å². The number of carboxylic acid groups (broad SMARTS) is 1. The molecular formula is C16H22N2O4. The number of carbonyl (C=O) groups is 3. The zero-order chi connectivity index (χ0) is 16.9. The minimum atomic E-state index is -1.12. The van der Waals surface area contributed by atoms with Crippen molar-refractivity contribution < 1.29 is 19.5 Å². The molecule has 120 valence electrons. The van der Waals surface area contributed by atoms with Gasteiger partial charge in [0.05, 0.1) is 0 Å². The van der Waals surface area contributed by atoms with Gasteiger partial charge in [-0.25, -0.2) is 0 Å². The highest BCUT2D eigenvalue weighted by Gasteiger charge is 2.27. The third-order valence-electron chi connectivity index (χ3n) is 3.25. The van der Waals surface area contributed by atoms with Crippen LogP contribution in [0.3, 0.4) is 0 Å². The molecule has 0 saturated carbocycles. The Morgan fingerprint density at radius 2 is 1.73 bits per heavy atom. The fourth-order valence-corrected chi connectivity index (χ4v) is 1.91. The summed E-state index contributed by atoms with van der Waals surface area (Å²) in [4.78, 5) is 35.2. The molecule has 0 fully saturated rings. The summed E-state index contributed by atoms with van der Waals surface area (Å²) in [6.45, 7) is 6.82. The van der Waals surface area contributed by atoms with Gasteiger partial charge in [0.2, 0.25) is 5.91 Å². The van der Waals surface area contributed by atoms with Crippen molar-refractivity contribution in [3.63, 3.8) is 0 Å². The van der Waals surface area contributed by atoms with Gasteiger partial charge in [-0.1, -0.05) is 31.5 Å². The number of hydrogen-bond donors (Lipinski definition) is 3. The first-order valence-electron chi connectivity index (χ1n) is 7.13. The molecule has 0 aliphatic heterocycles. The Labute approximate surface area is 129 Å². The second kappa shape index (κ2) is 7.59. The lowest BCUT2D eigenvalue weighted by Gasteiger charge is -2.23. The number of amides is 2. The van der Waals surface area contributed by atoms with Crippen molar-refractivity contribution in [1.29, 1.82) is 0 Å². The van der Waals surface area contributed by atoms with Crippen molar-refractivity contribution in [2.45, 2.75) is 39.8 Å². The minimum Gasteiger partial charge on any atom is -0.480 e. The lowest BCUT2D eigenvalue weighted by Crippen LogP contribution is -2.53. The number of aliphatic carboxylic acids is 1. The third-order valence-corrected chi connectivity index (χ3v) is 3.25. The van der Waals surface area contributed by atoms with Gasteiger partial charge in [0.25, 0.3) is 5.91 Å². The Bertz CT molecular complexity index is 569. The molecule has 0 radical (unpaired) electrons. The number of benzene rings is 1. The van der Waals surface area contributed by atoms with Gasteiger partial charge in [-0.2, -0.15) is 0 Å². The van der Waals surface area contributed by atoms with E-state index in [1.54, 1.807) is 32.0 Å². The molecule has 22 heavy (non-hydrogen) atoms. The van der Waals surface area contributed by atoms with Crippen LogP contribution in [-0.4, -0.2) is 35.0 Å². The summed E-state index contributed by atoms with van der Waals surface area (Å²) in [6, 6.07) is 5.22. The Balaban J connectivity index is 2.82. The minimum absolute atomic E-state index is 0.172. The van der Waals surface area contributed by atoms with E-state index < -0.39 is 24.0 Å². The van der Waals surface area contributed by atoms with Crippen LogP contribution in [0.25, 0.3) is 0 Å². The van der Waals surface area contributed by atoms with E-state index in [1.807, 2.05) is 13.0 Å². The summed E-state index contributed by atoms with van der Waals surface area (Å²) < 4.78 is 0. The van der Waals surface area contributed by atoms with E-state index in [9.17, 15) is 14.4 Å². The molecule has 0 saturated heterocycles. The molecule has 0 aromatic heterocycles. The summed E-state index contributed by atoms with van der Waals surface area (Å²) in [5.74, 6) is -2.16. The van der Waals surface area contributed by atoms with Crippen molar-refractivity contribution in [2.24, 2.45) is 5.92 Å². The van der Waals surface area contributed by atoms with Crippen molar-refractivity contribution >= 4 is 17.8 Å². The average Bonchev–Trinajstić information content (AvgIpc) is 2.43. The molecule has 6 heteroatoms. The van der Waals surface area contributed by atoms with E-state index in [4.69, 9.17) is 5.11 Å². The Kier molecular flexibility index (Phi) is 6.10. The number of hydrogen-bond acceptors (Lipinski definition) is 3. The largest absolute Gasteiger partial charge is 0.480 e. The Morgan fingerprint density at radius 1 is 1.09 bits per heavy atom. The van der Waals surface area contributed by atoms with E-state index in [0.717, 1.165) is 5.56 Å². The molecule has 1 unspecified atom stereocenters. The van der Waals surface area contributed by atoms with Crippen LogP contribution >= 0.6 is 0 Å². The average molecular weight is 306 g/mol. The maximum Gasteiger partial charge on any atom is 0.325 e. The molecule has 0 aliphatic rings. The van der Waals surface area contributed by atoms with Crippen molar-refractivity contribution in [3.8, 4) is 0 Å². The van der Waals surface area contributed by atoms with Gasteiger partial charge >= 0.3 is 5.97 Å².